The van der Waals surface area contributed by atoms with Crippen LogP contribution in [-0.4, -0.2) is 82.0 Å². The van der Waals surface area contributed by atoms with Gasteiger partial charge >= 0.3 is 6.03 Å². The fourth-order valence-electron chi connectivity index (χ4n) is 6.43. The van der Waals surface area contributed by atoms with Crippen LogP contribution in [0.3, 0.4) is 0 Å². The summed E-state index contributed by atoms with van der Waals surface area (Å²) in [6.45, 7) is 4.30. The molecular weight excluding hydrogens is 530 g/mol. The van der Waals surface area contributed by atoms with Crippen LogP contribution in [0.4, 0.5) is 4.79 Å². The molecule has 0 spiro atoms. The molecule has 42 heavy (non-hydrogen) atoms. The number of para-hydroxylation sites is 1. The lowest BCUT2D eigenvalue weighted by molar-refractivity contribution is -0.139. The molecule has 3 heterocycles. The number of fused-ring (bicyclic) bond motifs is 1. The molecule has 5 rings (SSSR count). The quantitative estimate of drug-likeness (QED) is 0.437. The summed E-state index contributed by atoms with van der Waals surface area (Å²) in [4.78, 5) is 53.2. The minimum Gasteiger partial charge on any atom is -0.343 e. The Hall–Kier alpha value is -3.79. The van der Waals surface area contributed by atoms with Crippen molar-refractivity contribution in [2.75, 3.05) is 27.7 Å². The number of rotatable bonds is 7. The summed E-state index contributed by atoms with van der Waals surface area (Å²) in [5.74, 6) is 0.564. The Morgan fingerprint density at radius 3 is 2.48 bits per heavy atom. The van der Waals surface area contributed by atoms with E-state index in [0.29, 0.717) is 12.4 Å². The summed E-state index contributed by atoms with van der Waals surface area (Å²) in [5, 5.41) is 7.03. The van der Waals surface area contributed by atoms with E-state index >= 15 is 0 Å². The summed E-state index contributed by atoms with van der Waals surface area (Å²) in [6, 6.07) is 8.49. The second-order valence-electron chi connectivity index (χ2n) is 11.9. The van der Waals surface area contributed by atoms with E-state index in [4.69, 9.17) is 9.97 Å². The topological polar surface area (TPSA) is 112 Å². The lowest BCUT2D eigenvalue weighted by Gasteiger charge is -2.35. The zero-order chi connectivity index (χ0) is 30.0. The predicted molar refractivity (Wildman–Crippen MR) is 163 cm³/mol. The first-order chi connectivity index (χ1) is 20.2. The lowest BCUT2D eigenvalue weighted by Crippen LogP contribution is -2.55. The van der Waals surface area contributed by atoms with E-state index in [9.17, 15) is 14.4 Å². The van der Waals surface area contributed by atoms with Crippen molar-refractivity contribution in [3.05, 3.63) is 48.0 Å². The van der Waals surface area contributed by atoms with Crippen molar-refractivity contribution in [1.82, 2.24) is 35.0 Å². The van der Waals surface area contributed by atoms with Crippen LogP contribution in [0.25, 0.3) is 22.2 Å². The molecule has 224 valence electrons. The van der Waals surface area contributed by atoms with Crippen LogP contribution >= 0.6 is 0 Å². The Labute approximate surface area is 247 Å². The Kier molecular flexibility index (Phi) is 8.91. The number of nitrogens with zero attached hydrogens (tertiary/aromatic N) is 5. The van der Waals surface area contributed by atoms with Crippen LogP contribution in [0.5, 0.6) is 0 Å². The number of benzene rings is 1. The first-order valence-corrected chi connectivity index (χ1v) is 15.2. The van der Waals surface area contributed by atoms with Crippen molar-refractivity contribution in [1.29, 1.82) is 0 Å². The molecule has 2 N–H and O–H groups in total. The largest absolute Gasteiger partial charge is 0.343 e. The van der Waals surface area contributed by atoms with E-state index < -0.39 is 6.04 Å². The van der Waals surface area contributed by atoms with Gasteiger partial charge in [0.1, 0.15) is 11.9 Å². The molecule has 1 saturated heterocycles. The maximum Gasteiger partial charge on any atom is 0.328 e. The summed E-state index contributed by atoms with van der Waals surface area (Å²) in [7, 11) is 5.22. The highest BCUT2D eigenvalue weighted by Crippen LogP contribution is 2.37. The van der Waals surface area contributed by atoms with Gasteiger partial charge in [0, 0.05) is 37.8 Å². The van der Waals surface area contributed by atoms with Gasteiger partial charge in [-0.15, -0.1) is 0 Å². The minimum atomic E-state index is -0.549. The Balaban J connectivity index is 1.49. The number of likely N-dealkylation sites (N-methyl/N-ethyl adjacent to an activating group) is 1. The molecule has 1 aromatic carbocycles. The van der Waals surface area contributed by atoms with Gasteiger partial charge in [0.05, 0.1) is 29.0 Å². The van der Waals surface area contributed by atoms with Gasteiger partial charge in [0.15, 0.2) is 0 Å². The number of amides is 3. The van der Waals surface area contributed by atoms with Gasteiger partial charge in [0.25, 0.3) is 0 Å². The molecule has 10 heteroatoms. The van der Waals surface area contributed by atoms with E-state index in [1.807, 2.05) is 55.3 Å². The van der Waals surface area contributed by atoms with Gasteiger partial charge in [-0.25, -0.2) is 14.8 Å². The van der Waals surface area contributed by atoms with E-state index in [1.165, 1.54) is 6.42 Å². The molecule has 1 saturated carbocycles. The SMILES string of the molecule is CN[C@@H](C)C(=O)N[C@H](C(=O)N1CCC[C@H]1c1cc(-c2cn(C(=O)N(C)C)c3ccccc23)nc(C)n1)C1CCCCC1. The maximum atomic E-state index is 14.2. The van der Waals surface area contributed by atoms with Crippen molar-refractivity contribution < 1.29 is 14.4 Å². The molecule has 2 fully saturated rings. The monoisotopic (exact) mass is 573 g/mol. The van der Waals surface area contributed by atoms with Crippen molar-refractivity contribution in [3.63, 3.8) is 0 Å². The highest BCUT2D eigenvalue weighted by molar-refractivity contribution is 6.00. The third-order valence-electron chi connectivity index (χ3n) is 8.82. The normalized spacial score (nSPS) is 19.1. The molecule has 1 aliphatic carbocycles. The number of likely N-dealkylation sites (tertiary alicyclic amines) is 1. The number of aryl methyl sites for hydroxylation is 1. The number of carbonyl (C=O) groups is 3. The minimum absolute atomic E-state index is 0.0212. The number of hydrogen-bond acceptors (Lipinski definition) is 6. The zero-order valence-electron chi connectivity index (χ0n) is 25.4. The van der Waals surface area contributed by atoms with Crippen molar-refractivity contribution in [2.24, 2.45) is 5.92 Å². The van der Waals surface area contributed by atoms with Gasteiger partial charge < -0.3 is 20.4 Å². The van der Waals surface area contributed by atoms with Gasteiger partial charge in [-0.2, -0.15) is 0 Å². The van der Waals surface area contributed by atoms with Crippen molar-refractivity contribution in [3.8, 4) is 11.3 Å². The molecule has 0 bridgehead atoms. The number of hydrogen-bond donors (Lipinski definition) is 2. The van der Waals surface area contributed by atoms with Crippen LogP contribution in [0.2, 0.25) is 0 Å². The third-order valence-corrected chi connectivity index (χ3v) is 8.82. The van der Waals surface area contributed by atoms with E-state index in [2.05, 4.69) is 10.6 Å². The molecule has 2 aromatic heterocycles. The number of nitrogens with one attached hydrogen (secondary N) is 2. The first kappa shape index (κ1) is 29.7. The second-order valence-corrected chi connectivity index (χ2v) is 11.9. The molecule has 3 amide bonds. The highest BCUT2D eigenvalue weighted by atomic mass is 16.2. The highest BCUT2D eigenvalue weighted by Gasteiger charge is 2.39. The van der Waals surface area contributed by atoms with Crippen LogP contribution in [0, 0.1) is 12.8 Å². The predicted octanol–water partition coefficient (Wildman–Crippen LogP) is 4.27. The Morgan fingerprint density at radius 2 is 1.76 bits per heavy atom. The molecule has 3 atom stereocenters. The van der Waals surface area contributed by atoms with E-state index in [-0.39, 0.29) is 35.8 Å². The number of carbonyl (C=O) groups excluding carboxylic acids is 3. The molecule has 2 aliphatic rings. The Bertz CT molecular complexity index is 1460. The smallest absolute Gasteiger partial charge is 0.328 e. The fraction of sp³-hybridized carbons (Fsp3) is 0.531. The molecule has 0 radical (unpaired) electrons. The fourth-order valence-corrected chi connectivity index (χ4v) is 6.43. The van der Waals surface area contributed by atoms with Crippen LogP contribution in [0.1, 0.15) is 69.4 Å². The van der Waals surface area contributed by atoms with Gasteiger partial charge in [-0.3, -0.25) is 14.2 Å². The maximum absolute atomic E-state index is 14.2. The first-order valence-electron chi connectivity index (χ1n) is 15.2. The van der Waals surface area contributed by atoms with Crippen LogP contribution in [-0.2, 0) is 9.59 Å². The molecule has 0 unspecified atom stereocenters. The second kappa shape index (κ2) is 12.6. The average Bonchev–Trinajstić information content (AvgIpc) is 3.64. The summed E-state index contributed by atoms with van der Waals surface area (Å²) in [6.07, 6.45) is 8.70. The standard InChI is InChI=1S/C32H43N7O3/c1-20(33-3)30(40)36-29(22-12-7-6-8-13-22)31(41)38-17-11-16-28(38)26-18-25(34-21(2)35-26)24-19-39(32(42)37(4)5)27-15-10-9-14-23(24)27/h9-10,14-15,18-20,22,28-29,33H,6-8,11-13,16-17H2,1-5H3,(H,36,40)/t20-,28-,29-/m0/s1. The third kappa shape index (κ3) is 5.90. The lowest BCUT2D eigenvalue weighted by atomic mass is 9.83. The molecule has 10 nitrogen and oxygen atoms in total. The van der Waals surface area contributed by atoms with Crippen LogP contribution in [0.15, 0.2) is 36.5 Å². The average molecular weight is 574 g/mol. The number of aromatic nitrogens is 3. The Morgan fingerprint density at radius 1 is 1.02 bits per heavy atom. The van der Waals surface area contributed by atoms with E-state index in [0.717, 1.165) is 66.4 Å². The van der Waals surface area contributed by atoms with E-state index in [1.54, 1.807) is 30.6 Å². The molecule has 3 aromatic rings. The van der Waals surface area contributed by atoms with Crippen LogP contribution < -0.4 is 10.6 Å². The van der Waals surface area contributed by atoms with Gasteiger partial charge in [-0.1, -0.05) is 37.5 Å². The molecule has 1 aliphatic heterocycles. The summed E-state index contributed by atoms with van der Waals surface area (Å²) >= 11 is 0. The summed E-state index contributed by atoms with van der Waals surface area (Å²) < 4.78 is 1.65. The zero-order valence-corrected chi connectivity index (χ0v) is 25.4. The van der Waals surface area contributed by atoms with Crippen molar-refractivity contribution in [2.45, 2.75) is 76.9 Å². The molecular formula is C32H43N7O3. The van der Waals surface area contributed by atoms with Gasteiger partial charge in [0.2, 0.25) is 11.8 Å². The summed E-state index contributed by atoms with van der Waals surface area (Å²) in [5.41, 5.74) is 3.16. The van der Waals surface area contributed by atoms with Gasteiger partial charge in [-0.05, 0) is 64.6 Å². The van der Waals surface area contributed by atoms with Crippen molar-refractivity contribution >= 4 is 28.7 Å².